The summed E-state index contributed by atoms with van der Waals surface area (Å²) in [6.07, 6.45) is -3.35. The Morgan fingerprint density at radius 1 is 1.10 bits per heavy atom. The van der Waals surface area contributed by atoms with E-state index >= 15 is 0 Å². The molecule has 2 N–H and O–H groups in total. The van der Waals surface area contributed by atoms with Crippen molar-refractivity contribution in [1.29, 1.82) is 0 Å². The molecule has 39 heavy (non-hydrogen) atoms. The highest BCUT2D eigenvalue weighted by Gasteiger charge is 2.34. The molecule has 0 radical (unpaired) electrons. The van der Waals surface area contributed by atoms with Crippen LogP contribution in [0, 0.1) is 6.92 Å². The van der Waals surface area contributed by atoms with E-state index in [1.54, 1.807) is 56.0 Å². The Kier molecular flexibility index (Phi) is 9.06. The van der Waals surface area contributed by atoms with Crippen molar-refractivity contribution in [2.75, 3.05) is 11.9 Å². The first kappa shape index (κ1) is 29.7. The minimum absolute atomic E-state index is 0.108. The molecule has 0 aliphatic heterocycles. The van der Waals surface area contributed by atoms with Gasteiger partial charge in [-0.05, 0) is 62.1 Å². The first-order valence-electron chi connectivity index (χ1n) is 12.3. The molecular weight excluding hydrogens is 515 g/mol. The van der Waals surface area contributed by atoms with Gasteiger partial charge in [0.25, 0.3) is 0 Å². The van der Waals surface area contributed by atoms with Gasteiger partial charge in [-0.25, -0.2) is 9.78 Å². The fraction of sp³-hybridized carbons (Fsp3) is 0.393. The third-order valence-corrected chi connectivity index (χ3v) is 6.09. The van der Waals surface area contributed by atoms with Gasteiger partial charge in [-0.3, -0.25) is 9.69 Å². The van der Waals surface area contributed by atoms with Crippen LogP contribution in [-0.4, -0.2) is 39.0 Å². The van der Waals surface area contributed by atoms with E-state index in [0.717, 1.165) is 11.6 Å². The summed E-state index contributed by atoms with van der Waals surface area (Å²) in [5.74, 6) is -0.977. The van der Waals surface area contributed by atoms with Crippen LogP contribution in [0.1, 0.15) is 61.8 Å². The first-order chi connectivity index (χ1) is 18.2. The Hall–Kier alpha value is -3.86. The van der Waals surface area contributed by atoms with Gasteiger partial charge in [0, 0.05) is 6.54 Å². The number of aromatic nitrogens is 1. The maximum absolute atomic E-state index is 13.7. The number of carbonyl (C=O) groups is 2. The number of carboxylic acid groups (broad SMARTS) is 1. The van der Waals surface area contributed by atoms with Gasteiger partial charge in [0.15, 0.2) is 12.0 Å². The second-order valence-electron chi connectivity index (χ2n) is 10.1. The van der Waals surface area contributed by atoms with E-state index in [9.17, 15) is 27.9 Å². The summed E-state index contributed by atoms with van der Waals surface area (Å²) in [4.78, 5) is 30.0. The molecule has 3 rings (SSSR count). The van der Waals surface area contributed by atoms with E-state index in [2.05, 4.69) is 10.3 Å². The van der Waals surface area contributed by atoms with Crippen molar-refractivity contribution in [2.45, 2.75) is 65.4 Å². The molecule has 0 bridgehead atoms. The first-order valence-corrected chi connectivity index (χ1v) is 12.3. The molecule has 0 saturated carbocycles. The number of rotatable bonds is 11. The number of carbonyl (C=O) groups excluding carboxylic acids is 1. The minimum Gasteiger partial charge on any atom is -0.478 e. The number of carboxylic acids is 1. The standard InChI is InChI=1S/C28H32F3N3O5/c1-17(2)20-8-11-23(22(12-20)28(29,30)31)33-25(35)15-34(14-24-18(3)32-16-38-24)13-19-6-9-21(10-7-19)39-27(4,5)26(36)37/h6-12,16-17H,13-15H2,1-5H3,(H,33,35)(H,36,37). The molecule has 0 fully saturated rings. The smallest absolute Gasteiger partial charge is 0.418 e. The number of nitrogens with zero attached hydrogens (tertiary/aromatic N) is 2. The molecule has 1 aromatic heterocycles. The van der Waals surface area contributed by atoms with Gasteiger partial charge in [0.2, 0.25) is 5.91 Å². The Balaban J connectivity index is 1.79. The number of aryl methyl sites for hydroxylation is 1. The quantitative estimate of drug-likeness (QED) is 0.303. The van der Waals surface area contributed by atoms with E-state index in [4.69, 9.17) is 9.15 Å². The molecule has 0 spiro atoms. The number of hydrogen-bond donors (Lipinski definition) is 2. The highest BCUT2D eigenvalue weighted by molar-refractivity contribution is 5.93. The number of oxazole rings is 1. The molecule has 210 valence electrons. The summed E-state index contributed by atoms with van der Waals surface area (Å²) in [5.41, 5.74) is -0.726. The zero-order valence-electron chi connectivity index (χ0n) is 22.4. The van der Waals surface area contributed by atoms with Gasteiger partial charge in [0.1, 0.15) is 11.5 Å². The van der Waals surface area contributed by atoms with Crippen LogP contribution in [0.5, 0.6) is 5.75 Å². The lowest BCUT2D eigenvalue weighted by molar-refractivity contribution is -0.152. The van der Waals surface area contributed by atoms with E-state index in [1.165, 1.54) is 26.3 Å². The van der Waals surface area contributed by atoms with Crippen LogP contribution >= 0.6 is 0 Å². The van der Waals surface area contributed by atoms with E-state index < -0.39 is 29.2 Å². The largest absolute Gasteiger partial charge is 0.478 e. The van der Waals surface area contributed by atoms with E-state index in [1.807, 2.05) is 0 Å². The number of nitrogens with one attached hydrogen (secondary N) is 1. The second kappa shape index (κ2) is 11.9. The predicted molar refractivity (Wildman–Crippen MR) is 138 cm³/mol. The van der Waals surface area contributed by atoms with Crippen molar-refractivity contribution in [3.63, 3.8) is 0 Å². The zero-order chi connectivity index (χ0) is 29.0. The average molecular weight is 548 g/mol. The fourth-order valence-electron chi connectivity index (χ4n) is 3.77. The second-order valence-corrected chi connectivity index (χ2v) is 10.1. The van der Waals surface area contributed by atoms with Crippen LogP contribution < -0.4 is 10.1 Å². The maximum atomic E-state index is 13.7. The molecule has 0 aliphatic carbocycles. The molecule has 0 unspecified atom stereocenters. The Morgan fingerprint density at radius 3 is 2.31 bits per heavy atom. The summed E-state index contributed by atoms with van der Waals surface area (Å²) < 4.78 is 52.2. The van der Waals surface area contributed by atoms with Gasteiger partial charge >= 0.3 is 12.1 Å². The minimum atomic E-state index is -4.64. The highest BCUT2D eigenvalue weighted by Crippen LogP contribution is 2.36. The van der Waals surface area contributed by atoms with Crippen molar-refractivity contribution in [1.82, 2.24) is 9.88 Å². The number of anilines is 1. The lowest BCUT2D eigenvalue weighted by atomic mass is 9.99. The number of benzene rings is 2. The molecule has 8 nitrogen and oxygen atoms in total. The molecule has 1 heterocycles. The van der Waals surface area contributed by atoms with Gasteiger partial charge < -0.3 is 19.6 Å². The van der Waals surface area contributed by atoms with Crippen molar-refractivity contribution in [3.8, 4) is 5.75 Å². The Labute approximate surface area is 224 Å². The predicted octanol–water partition coefficient (Wildman–Crippen LogP) is 6.01. The third kappa shape index (κ3) is 8.06. The molecule has 1 amide bonds. The zero-order valence-corrected chi connectivity index (χ0v) is 22.4. The molecular formula is C28H32F3N3O5. The number of alkyl halides is 3. The molecule has 0 aliphatic rings. The molecule has 0 atom stereocenters. The van der Waals surface area contributed by atoms with Crippen molar-refractivity contribution in [2.24, 2.45) is 0 Å². The summed E-state index contributed by atoms with van der Waals surface area (Å²) in [7, 11) is 0. The summed E-state index contributed by atoms with van der Waals surface area (Å²) >= 11 is 0. The molecule has 11 heteroatoms. The van der Waals surface area contributed by atoms with Crippen LogP contribution in [0.4, 0.5) is 18.9 Å². The monoisotopic (exact) mass is 547 g/mol. The Morgan fingerprint density at radius 2 is 1.77 bits per heavy atom. The van der Waals surface area contributed by atoms with Crippen molar-refractivity contribution in [3.05, 3.63) is 77.0 Å². The van der Waals surface area contributed by atoms with E-state index in [0.29, 0.717) is 22.8 Å². The third-order valence-electron chi connectivity index (χ3n) is 6.09. The van der Waals surface area contributed by atoms with Gasteiger partial charge in [-0.15, -0.1) is 0 Å². The summed E-state index contributed by atoms with van der Waals surface area (Å²) in [6, 6.07) is 10.6. The van der Waals surface area contributed by atoms with Crippen LogP contribution in [0.15, 0.2) is 53.3 Å². The van der Waals surface area contributed by atoms with Crippen molar-refractivity contribution >= 4 is 17.6 Å². The average Bonchev–Trinajstić information content (AvgIpc) is 3.23. The Bertz CT molecular complexity index is 1300. The molecule has 0 saturated heterocycles. The lowest BCUT2D eigenvalue weighted by Gasteiger charge is -2.23. The topological polar surface area (TPSA) is 105 Å². The van der Waals surface area contributed by atoms with Gasteiger partial charge in [0.05, 0.1) is 30.0 Å². The van der Waals surface area contributed by atoms with Crippen LogP contribution in [0.2, 0.25) is 0 Å². The number of ether oxygens (including phenoxy) is 1. The number of hydrogen-bond acceptors (Lipinski definition) is 6. The summed E-state index contributed by atoms with van der Waals surface area (Å²) in [5, 5.41) is 11.7. The van der Waals surface area contributed by atoms with E-state index in [-0.39, 0.29) is 31.2 Å². The number of halogens is 3. The van der Waals surface area contributed by atoms with Crippen molar-refractivity contribution < 1.29 is 37.0 Å². The fourth-order valence-corrected chi connectivity index (χ4v) is 3.77. The SMILES string of the molecule is Cc1ncoc1CN(CC(=O)Nc1ccc(C(C)C)cc1C(F)(F)F)Cc1ccc(OC(C)(C)C(=O)O)cc1. The lowest BCUT2D eigenvalue weighted by Crippen LogP contribution is -2.37. The maximum Gasteiger partial charge on any atom is 0.418 e. The van der Waals surface area contributed by atoms with Crippen LogP contribution in [-0.2, 0) is 28.9 Å². The number of amides is 1. The normalized spacial score (nSPS) is 12.2. The highest BCUT2D eigenvalue weighted by atomic mass is 19.4. The number of aliphatic carboxylic acids is 1. The van der Waals surface area contributed by atoms with Crippen LogP contribution in [0.3, 0.4) is 0 Å². The molecule has 3 aromatic rings. The van der Waals surface area contributed by atoms with Gasteiger partial charge in [-0.2, -0.15) is 13.2 Å². The van der Waals surface area contributed by atoms with Gasteiger partial charge in [-0.1, -0.05) is 32.0 Å². The summed E-state index contributed by atoms with van der Waals surface area (Å²) in [6.45, 7) is 8.41. The van der Waals surface area contributed by atoms with Crippen LogP contribution in [0.25, 0.3) is 0 Å². The molecule has 2 aromatic carbocycles.